The Labute approximate surface area is 134 Å². The van der Waals surface area contributed by atoms with Crippen molar-refractivity contribution in [1.82, 2.24) is 0 Å². The molecule has 0 saturated heterocycles. The number of ether oxygens (including phenoxy) is 1. The topological polar surface area (TPSA) is 58.6 Å². The highest BCUT2D eigenvalue weighted by molar-refractivity contribution is 5.84. The van der Waals surface area contributed by atoms with Crippen molar-refractivity contribution >= 4 is 11.8 Å². The third-order valence-corrected chi connectivity index (χ3v) is 2.64. The summed E-state index contributed by atoms with van der Waals surface area (Å²) >= 11 is 0. The Kier molecular flexibility index (Phi) is 7.09. The summed E-state index contributed by atoms with van der Waals surface area (Å²) in [7, 11) is 0. The van der Waals surface area contributed by atoms with E-state index >= 15 is 0 Å². The van der Waals surface area contributed by atoms with Gasteiger partial charge in [-0.3, -0.25) is 5.32 Å². The van der Waals surface area contributed by atoms with Crippen molar-refractivity contribution in [2.45, 2.75) is 58.9 Å². The molecule has 0 aliphatic heterocycles. The minimum atomic E-state index is -4.78. The molecule has 0 fully saturated rings. The van der Waals surface area contributed by atoms with Crippen molar-refractivity contribution in [2.24, 2.45) is 0 Å². The normalized spacial score (nSPS) is 14.2. The molecule has 2 N–H and O–H groups in total. The Morgan fingerprint density at radius 2 is 1.48 bits per heavy atom. The lowest BCUT2D eigenvalue weighted by Crippen LogP contribution is -2.39. The molecule has 23 heavy (non-hydrogen) atoms. The zero-order valence-electron chi connectivity index (χ0n) is 14.2. The Morgan fingerprint density at radius 3 is 1.83 bits per heavy atom. The lowest BCUT2D eigenvalue weighted by Gasteiger charge is -2.26. The highest BCUT2D eigenvalue weighted by Crippen LogP contribution is 2.38. The number of hydrogen-bond acceptors (Lipinski definition) is 3. The third-order valence-electron chi connectivity index (χ3n) is 2.64. The van der Waals surface area contributed by atoms with Gasteiger partial charge in [0, 0.05) is 5.69 Å². The molecule has 1 aromatic carbocycles. The highest BCUT2D eigenvalue weighted by Gasteiger charge is 2.51. The summed E-state index contributed by atoms with van der Waals surface area (Å²) in [4.78, 5) is 11.5. The molecular weight excluding hydrogens is 311 g/mol. The van der Waals surface area contributed by atoms with Crippen LogP contribution in [-0.2, 0) is 10.3 Å². The molecule has 1 aromatic rings. The molecule has 0 aromatic heterocycles. The number of aliphatic hydroxyl groups is 1. The van der Waals surface area contributed by atoms with Crippen molar-refractivity contribution < 1.29 is 27.8 Å². The summed E-state index contributed by atoms with van der Waals surface area (Å²) < 4.78 is 43.0. The summed E-state index contributed by atoms with van der Waals surface area (Å²) in [6.07, 6.45) is -5.49. The van der Waals surface area contributed by atoms with Crippen LogP contribution in [0.2, 0.25) is 0 Å². The van der Waals surface area contributed by atoms with E-state index in [9.17, 15) is 23.1 Å². The first-order valence-electron chi connectivity index (χ1n) is 7.22. The molecule has 0 aliphatic carbocycles. The van der Waals surface area contributed by atoms with E-state index < -0.39 is 23.5 Å². The lowest BCUT2D eigenvalue weighted by molar-refractivity contribution is -0.258. The molecule has 132 valence electrons. The van der Waals surface area contributed by atoms with Crippen molar-refractivity contribution in [3.8, 4) is 0 Å². The Bertz CT molecular complexity index is 503. The van der Waals surface area contributed by atoms with Crippen LogP contribution in [0.4, 0.5) is 23.7 Å². The van der Waals surface area contributed by atoms with E-state index in [2.05, 4.69) is 5.32 Å². The number of hydrogen-bond donors (Lipinski definition) is 2. The fraction of sp³-hybridized carbons (Fsp3) is 0.562. The number of anilines is 1. The summed E-state index contributed by atoms with van der Waals surface area (Å²) in [5, 5.41) is 11.9. The van der Waals surface area contributed by atoms with Gasteiger partial charge in [-0.25, -0.2) is 4.79 Å². The van der Waals surface area contributed by atoms with Crippen molar-refractivity contribution in [2.75, 3.05) is 5.32 Å². The molecule has 7 heteroatoms. The summed E-state index contributed by atoms with van der Waals surface area (Å²) in [5.41, 5.74) is -3.67. The molecule has 1 atom stereocenters. The van der Waals surface area contributed by atoms with Gasteiger partial charge in [-0.2, -0.15) is 13.2 Å². The maximum absolute atomic E-state index is 12.7. The van der Waals surface area contributed by atoms with Gasteiger partial charge in [0.1, 0.15) is 5.60 Å². The molecule has 1 amide bonds. The average Bonchev–Trinajstić information content (AvgIpc) is 2.38. The van der Waals surface area contributed by atoms with E-state index in [0.717, 1.165) is 12.1 Å². The molecule has 0 aliphatic rings. The second-order valence-electron chi connectivity index (χ2n) is 5.77. The maximum Gasteiger partial charge on any atom is 0.421 e. The SMILES string of the molecule is CC.CC(C)(C)OC(=O)Nc1ccc(C(C)(O)C(F)(F)F)cc1. The van der Waals surface area contributed by atoms with E-state index in [4.69, 9.17) is 4.74 Å². The molecular formula is C16H24F3NO3. The number of carbonyl (C=O) groups excluding carboxylic acids is 1. The third kappa shape index (κ3) is 6.48. The van der Waals surface area contributed by atoms with E-state index in [0.29, 0.717) is 6.92 Å². The molecule has 0 bridgehead atoms. The van der Waals surface area contributed by atoms with Crippen LogP contribution in [0, 0.1) is 0 Å². The second kappa shape index (κ2) is 7.68. The first kappa shape index (κ1) is 21.2. The van der Waals surface area contributed by atoms with Crippen LogP contribution >= 0.6 is 0 Å². The molecule has 1 unspecified atom stereocenters. The Morgan fingerprint density at radius 1 is 1.04 bits per heavy atom. The summed E-state index contributed by atoms with van der Waals surface area (Å²) in [6.45, 7) is 9.74. The van der Waals surface area contributed by atoms with Crippen LogP contribution in [0.25, 0.3) is 0 Å². The van der Waals surface area contributed by atoms with Crippen LogP contribution in [-0.4, -0.2) is 23.0 Å². The predicted molar refractivity (Wildman–Crippen MR) is 83.3 cm³/mol. The molecule has 0 spiro atoms. The number of carbonyl (C=O) groups is 1. The molecule has 0 heterocycles. The van der Waals surface area contributed by atoms with Crippen LogP contribution < -0.4 is 5.32 Å². The minimum Gasteiger partial charge on any atom is -0.444 e. The molecule has 1 rings (SSSR count). The van der Waals surface area contributed by atoms with Gasteiger partial charge in [-0.15, -0.1) is 0 Å². The number of halogens is 3. The van der Waals surface area contributed by atoms with Gasteiger partial charge in [0.2, 0.25) is 0 Å². The van der Waals surface area contributed by atoms with Crippen molar-refractivity contribution in [3.05, 3.63) is 29.8 Å². The number of benzene rings is 1. The van der Waals surface area contributed by atoms with Gasteiger partial charge in [0.05, 0.1) is 0 Å². The fourth-order valence-corrected chi connectivity index (χ4v) is 1.46. The smallest absolute Gasteiger partial charge is 0.421 e. The second-order valence-corrected chi connectivity index (χ2v) is 5.77. The predicted octanol–water partition coefficient (Wildman–Crippen LogP) is 4.83. The molecule has 4 nitrogen and oxygen atoms in total. The van der Waals surface area contributed by atoms with E-state index in [-0.39, 0.29) is 11.3 Å². The number of rotatable bonds is 2. The first-order chi connectivity index (χ1) is 10.3. The largest absolute Gasteiger partial charge is 0.444 e. The average molecular weight is 335 g/mol. The number of alkyl halides is 3. The van der Waals surface area contributed by atoms with Gasteiger partial charge in [0.25, 0.3) is 0 Å². The quantitative estimate of drug-likeness (QED) is 0.814. The molecule has 0 radical (unpaired) electrons. The first-order valence-corrected chi connectivity index (χ1v) is 7.22. The monoisotopic (exact) mass is 335 g/mol. The standard InChI is InChI=1S/C14H18F3NO3.C2H6/c1-12(2,3)21-11(19)18-10-7-5-9(6-8-10)13(4,20)14(15,16)17;1-2/h5-8,20H,1-4H3,(H,18,19);1-2H3. The zero-order chi connectivity index (χ0) is 18.5. The van der Waals surface area contributed by atoms with Crippen LogP contribution in [0.15, 0.2) is 24.3 Å². The Hall–Kier alpha value is -1.76. The fourth-order valence-electron chi connectivity index (χ4n) is 1.46. The Balaban J connectivity index is 0.00000232. The summed E-state index contributed by atoms with van der Waals surface area (Å²) in [6, 6.07) is 4.72. The molecule has 0 saturated carbocycles. The van der Waals surface area contributed by atoms with Gasteiger partial charge in [-0.1, -0.05) is 26.0 Å². The van der Waals surface area contributed by atoms with Crippen molar-refractivity contribution in [3.63, 3.8) is 0 Å². The lowest BCUT2D eigenvalue weighted by atomic mass is 9.95. The van der Waals surface area contributed by atoms with Gasteiger partial charge in [0.15, 0.2) is 5.60 Å². The van der Waals surface area contributed by atoms with Crippen LogP contribution in [0.3, 0.4) is 0 Å². The summed E-state index contributed by atoms with van der Waals surface area (Å²) in [5.74, 6) is 0. The van der Waals surface area contributed by atoms with E-state index in [1.54, 1.807) is 20.8 Å². The van der Waals surface area contributed by atoms with Gasteiger partial charge < -0.3 is 9.84 Å². The zero-order valence-corrected chi connectivity index (χ0v) is 14.2. The highest BCUT2D eigenvalue weighted by atomic mass is 19.4. The van der Waals surface area contributed by atoms with E-state index in [1.807, 2.05) is 13.8 Å². The van der Waals surface area contributed by atoms with Crippen LogP contribution in [0.1, 0.15) is 47.1 Å². The maximum atomic E-state index is 12.7. The number of nitrogens with one attached hydrogen (secondary N) is 1. The van der Waals surface area contributed by atoms with E-state index in [1.165, 1.54) is 12.1 Å². The van der Waals surface area contributed by atoms with Gasteiger partial charge in [-0.05, 0) is 45.4 Å². The van der Waals surface area contributed by atoms with Crippen molar-refractivity contribution in [1.29, 1.82) is 0 Å². The number of amides is 1. The van der Waals surface area contributed by atoms with Crippen LogP contribution in [0.5, 0.6) is 0 Å². The minimum absolute atomic E-state index is 0.269. The van der Waals surface area contributed by atoms with Gasteiger partial charge >= 0.3 is 12.3 Å².